The molecule has 0 aliphatic rings. The molecular formula is C18H20ClNO3. The second-order valence-electron chi connectivity index (χ2n) is 5.66. The SMILES string of the molecule is COc1ccc(OC)c(NC(=O)C(C)(C)c2cccc(Cl)c2)c1. The average Bonchev–Trinajstić information content (AvgIpc) is 2.54. The average molecular weight is 334 g/mol. The van der Waals surface area contributed by atoms with E-state index in [1.165, 1.54) is 0 Å². The van der Waals surface area contributed by atoms with Crippen LogP contribution in [0.25, 0.3) is 0 Å². The molecule has 0 spiro atoms. The fourth-order valence-corrected chi connectivity index (χ4v) is 2.39. The highest BCUT2D eigenvalue weighted by Gasteiger charge is 2.30. The molecule has 1 N–H and O–H groups in total. The number of amides is 1. The Morgan fingerprint density at radius 2 is 1.83 bits per heavy atom. The molecule has 1 amide bonds. The predicted octanol–water partition coefficient (Wildman–Crippen LogP) is 4.27. The molecule has 0 radical (unpaired) electrons. The molecule has 0 saturated carbocycles. The summed E-state index contributed by atoms with van der Waals surface area (Å²) in [6.45, 7) is 3.70. The first-order chi connectivity index (χ1) is 10.9. The Morgan fingerprint density at radius 3 is 2.43 bits per heavy atom. The van der Waals surface area contributed by atoms with Gasteiger partial charge in [0.15, 0.2) is 0 Å². The third kappa shape index (κ3) is 3.77. The zero-order chi connectivity index (χ0) is 17.0. The number of rotatable bonds is 5. The Hall–Kier alpha value is -2.20. The van der Waals surface area contributed by atoms with Gasteiger partial charge in [-0.25, -0.2) is 0 Å². The summed E-state index contributed by atoms with van der Waals surface area (Å²) in [7, 11) is 3.13. The minimum atomic E-state index is -0.751. The minimum Gasteiger partial charge on any atom is -0.497 e. The third-order valence-electron chi connectivity index (χ3n) is 3.77. The molecule has 2 aromatic carbocycles. The van der Waals surface area contributed by atoms with Crippen LogP contribution in [-0.4, -0.2) is 20.1 Å². The van der Waals surface area contributed by atoms with Gasteiger partial charge < -0.3 is 14.8 Å². The van der Waals surface area contributed by atoms with Crippen molar-refractivity contribution in [1.29, 1.82) is 0 Å². The standard InChI is InChI=1S/C18H20ClNO3/c1-18(2,12-6-5-7-13(19)10-12)17(21)20-15-11-14(22-3)8-9-16(15)23-4/h5-11H,1-4H3,(H,20,21). The molecular weight excluding hydrogens is 314 g/mol. The fraction of sp³-hybridized carbons (Fsp3) is 0.278. The zero-order valence-corrected chi connectivity index (χ0v) is 14.4. The second kappa shape index (κ2) is 6.92. The second-order valence-corrected chi connectivity index (χ2v) is 6.09. The molecule has 2 rings (SSSR count). The van der Waals surface area contributed by atoms with Crippen molar-refractivity contribution in [3.8, 4) is 11.5 Å². The summed E-state index contributed by atoms with van der Waals surface area (Å²) in [6, 6.07) is 12.5. The lowest BCUT2D eigenvalue weighted by molar-refractivity contribution is -0.120. The number of halogens is 1. The number of carbonyl (C=O) groups is 1. The van der Waals surface area contributed by atoms with E-state index < -0.39 is 5.41 Å². The van der Waals surface area contributed by atoms with Crippen molar-refractivity contribution in [3.05, 3.63) is 53.1 Å². The fourth-order valence-electron chi connectivity index (χ4n) is 2.20. The Balaban J connectivity index is 2.31. The molecule has 23 heavy (non-hydrogen) atoms. The smallest absolute Gasteiger partial charge is 0.234 e. The topological polar surface area (TPSA) is 47.6 Å². The van der Waals surface area contributed by atoms with Gasteiger partial charge in [-0.1, -0.05) is 23.7 Å². The summed E-state index contributed by atoms with van der Waals surface area (Å²) in [5.74, 6) is 1.05. The monoisotopic (exact) mass is 333 g/mol. The van der Waals surface area contributed by atoms with E-state index in [2.05, 4.69) is 5.32 Å². The number of carbonyl (C=O) groups excluding carboxylic acids is 1. The molecule has 0 heterocycles. The van der Waals surface area contributed by atoms with E-state index in [9.17, 15) is 4.79 Å². The zero-order valence-electron chi connectivity index (χ0n) is 13.6. The highest BCUT2D eigenvalue weighted by atomic mass is 35.5. The molecule has 4 nitrogen and oxygen atoms in total. The number of methoxy groups -OCH3 is 2. The van der Waals surface area contributed by atoms with Crippen LogP contribution in [0.4, 0.5) is 5.69 Å². The van der Waals surface area contributed by atoms with Crippen LogP contribution in [0.15, 0.2) is 42.5 Å². The third-order valence-corrected chi connectivity index (χ3v) is 4.00. The van der Waals surface area contributed by atoms with Crippen LogP contribution < -0.4 is 14.8 Å². The molecule has 2 aromatic rings. The van der Waals surface area contributed by atoms with E-state index >= 15 is 0 Å². The van der Waals surface area contributed by atoms with E-state index in [1.54, 1.807) is 44.6 Å². The first-order valence-corrected chi connectivity index (χ1v) is 7.56. The maximum Gasteiger partial charge on any atom is 0.234 e. The molecule has 0 fully saturated rings. The van der Waals surface area contributed by atoms with Gasteiger partial charge in [0.25, 0.3) is 0 Å². The summed E-state index contributed by atoms with van der Waals surface area (Å²) in [6.07, 6.45) is 0. The summed E-state index contributed by atoms with van der Waals surface area (Å²) in [5, 5.41) is 3.51. The van der Waals surface area contributed by atoms with Crippen LogP contribution >= 0.6 is 11.6 Å². The van der Waals surface area contributed by atoms with Crippen LogP contribution in [0.1, 0.15) is 19.4 Å². The van der Waals surface area contributed by atoms with Gasteiger partial charge in [0.1, 0.15) is 11.5 Å². The van der Waals surface area contributed by atoms with Crippen molar-refractivity contribution < 1.29 is 14.3 Å². The van der Waals surface area contributed by atoms with Gasteiger partial charge >= 0.3 is 0 Å². The normalized spacial score (nSPS) is 11.0. The van der Waals surface area contributed by atoms with Gasteiger partial charge in [0, 0.05) is 11.1 Å². The van der Waals surface area contributed by atoms with Crippen molar-refractivity contribution in [2.24, 2.45) is 0 Å². The molecule has 0 unspecified atom stereocenters. The van der Waals surface area contributed by atoms with Crippen LogP contribution in [0, 0.1) is 0 Å². The van der Waals surface area contributed by atoms with E-state index in [0.717, 1.165) is 5.56 Å². The quantitative estimate of drug-likeness (QED) is 0.888. The predicted molar refractivity (Wildman–Crippen MR) is 92.7 cm³/mol. The van der Waals surface area contributed by atoms with Crippen molar-refractivity contribution in [3.63, 3.8) is 0 Å². The Kier molecular flexibility index (Phi) is 5.16. The summed E-state index contributed by atoms with van der Waals surface area (Å²) < 4.78 is 10.5. The van der Waals surface area contributed by atoms with E-state index in [0.29, 0.717) is 22.2 Å². The molecule has 0 atom stereocenters. The van der Waals surface area contributed by atoms with Gasteiger partial charge in [-0.2, -0.15) is 0 Å². The van der Waals surface area contributed by atoms with Crippen LogP contribution in [0.3, 0.4) is 0 Å². The Labute approximate surface area is 141 Å². The molecule has 0 aliphatic heterocycles. The Morgan fingerprint density at radius 1 is 1.09 bits per heavy atom. The summed E-state index contributed by atoms with van der Waals surface area (Å²) in [4.78, 5) is 12.8. The number of benzene rings is 2. The van der Waals surface area contributed by atoms with Crippen LogP contribution in [0.5, 0.6) is 11.5 Å². The first-order valence-electron chi connectivity index (χ1n) is 7.18. The molecule has 0 aromatic heterocycles. The maximum atomic E-state index is 12.8. The first kappa shape index (κ1) is 17.2. The van der Waals surface area contributed by atoms with Crippen molar-refractivity contribution in [2.75, 3.05) is 19.5 Å². The van der Waals surface area contributed by atoms with Gasteiger partial charge in [-0.3, -0.25) is 4.79 Å². The van der Waals surface area contributed by atoms with Crippen molar-refractivity contribution >= 4 is 23.2 Å². The van der Waals surface area contributed by atoms with Gasteiger partial charge in [0.2, 0.25) is 5.91 Å². The maximum absolute atomic E-state index is 12.8. The van der Waals surface area contributed by atoms with E-state index in [1.807, 2.05) is 26.0 Å². The molecule has 0 saturated heterocycles. The van der Waals surface area contributed by atoms with Crippen LogP contribution in [-0.2, 0) is 10.2 Å². The van der Waals surface area contributed by atoms with Gasteiger partial charge in [-0.15, -0.1) is 0 Å². The summed E-state index contributed by atoms with van der Waals surface area (Å²) >= 11 is 6.03. The number of hydrogen-bond donors (Lipinski definition) is 1. The molecule has 122 valence electrons. The van der Waals surface area contributed by atoms with Gasteiger partial charge in [-0.05, 0) is 43.7 Å². The lowest BCUT2D eigenvalue weighted by Crippen LogP contribution is -2.34. The van der Waals surface area contributed by atoms with E-state index in [4.69, 9.17) is 21.1 Å². The Bertz CT molecular complexity index is 713. The molecule has 0 aliphatic carbocycles. The molecule has 5 heteroatoms. The minimum absolute atomic E-state index is 0.161. The van der Waals surface area contributed by atoms with E-state index in [-0.39, 0.29) is 5.91 Å². The highest BCUT2D eigenvalue weighted by Crippen LogP contribution is 2.32. The van der Waals surface area contributed by atoms with Crippen molar-refractivity contribution in [1.82, 2.24) is 0 Å². The highest BCUT2D eigenvalue weighted by molar-refractivity contribution is 6.30. The summed E-state index contributed by atoms with van der Waals surface area (Å²) in [5.41, 5.74) is 0.648. The number of ether oxygens (including phenoxy) is 2. The number of anilines is 1. The van der Waals surface area contributed by atoms with Gasteiger partial charge in [0.05, 0.1) is 25.3 Å². The van der Waals surface area contributed by atoms with Crippen molar-refractivity contribution in [2.45, 2.75) is 19.3 Å². The lowest BCUT2D eigenvalue weighted by atomic mass is 9.83. The molecule has 0 bridgehead atoms. The number of nitrogens with one attached hydrogen (secondary N) is 1. The number of hydrogen-bond acceptors (Lipinski definition) is 3. The lowest BCUT2D eigenvalue weighted by Gasteiger charge is -2.25. The van der Waals surface area contributed by atoms with Crippen LogP contribution in [0.2, 0.25) is 5.02 Å². The largest absolute Gasteiger partial charge is 0.497 e.